The van der Waals surface area contributed by atoms with Crippen molar-refractivity contribution in [3.8, 4) is 0 Å². The lowest BCUT2D eigenvalue weighted by Crippen LogP contribution is -2.34. The van der Waals surface area contributed by atoms with E-state index in [2.05, 4.69) is 0 Å². The van der Waals surface area contributed by atoms with Gasteiger partial charge in [0.2, 0.25) is 0 Å². The van der Waals surface area contributed by atoms with Crippen LogP contribution >= 0.6 is 11.3 Å². The number of nitrogens with zero attached hydrogens (tertiary/aromatic N) is 1. The van der Waals surface area contributed by atoms with Crippen molar-refractivity contribution in [2.75, 3.05) is 7.05 Å². The standard InChI is InChI=1S/C11H17NO4S2/c1-4-5-8(2)12(3)18(15,16)10-6-9(7-17-10)11(13)14/h6-8H,4-5H2,1-3H3,(H,13,14). The van der Waals surface area contributed by atoms with Gasteiger partial charge in [0.05, 0.1) is 5.56 Å². The van der Waals surface area contributed by atoms with Gasteiger partial charge in [0.15, 0.2) is 0 Å². The van der Waals surface area contributed by atoms with E-state index >= 15 is 0 Å². The Labute approximate surface area is 111 Å². The van der Waals surface area contributed by atoms with Crippen LogP contribution in [0.5, 0.6) is 0 Å². The van der Waals surface area contributed by atoms with E-state index in [-0.39, 0.29) is 15.8 Å². The Bertz CT molecular complexity index is 521. The molecule has 18 heavy (non-hydrogen) atoms. The first-order valence-electron chi connectivity index (χ1n) is 5.60. The average molecular weight is 291 g/mol. The molecule has 1 atom stereocenters. The second kappa shape index (κ2) is 5.81. The Hall–Kier alpha value is -0.920. The molecule has 7 heteroatoms. The normalized spacial score (nSPS) is 13.8. The van der Waals surface area contributed by atoms with Crippen LogP contribution in [0.15, 0.2) is 15.7 Å². The topological polar surface area (TPSA) is 74.7 Å². The summed E-state index contributed by atoms with van der Waals surface area (Å²) in [6.07, 6.45) is 1.67. The number of aromatic carboxylic acids is 1. The van der Waals surface area contributed by atoms with E-state index in [0.717, 1.165) is 24.2 Å². The van der Waals surface area contributed by atoms with Crippen molar-refractivity contribution in [2.24, 2.45) is 0 Å². The Kier molecular flexibility index (Phi) is 4.89. The molecule has 1 aromatic heterocycles. The van der Waals surface area contributed by atoms with Gasteiger partial charge in [-0.25, -0.2) is 13.2 Å². The summed E-state index contributed by atoms with van der Waals surface area (Å²) in [5.74, 6) is -1.11. The third kappa shape index (κ3) is 3.09. The van der Waals surface area contributed by atoms with Crippen molar-refractivity contribution >= 4 is 27.3 Å². The van der Waals surface area contributed by atoms with E-state index in [1.165, 1.54) is 22.8 Å². The van der Waals surface area contributed by atoms with Crippen molar-refractivity contribution in [1.82, 2.24) is 4.31 Å². The SMILES string of the molecule is CCCC(C)N(C)S(=O)(=O)c1cc(C(=O)O)cs1. The molecule has 0 radical (unpaired) electrons. The van der Waals surface area contributed by atoms with Gasteiger partial charge < -0.3 is 5.11 Å². The van der Waals surface area contributed by atoms with Crippen molar-refractivity contribution in [2.45, 2.75) is 36.9 Å². The molecule has 1 aromatic rings. The molecule has 0 fully saturated rings. The summed E-state index contributed by atoms with van der Waals surface area (Å²) in [6.45, 7) is 3.83. The van der Waals surface area contributed by atoms with E-state index in [1.54, 1.807) is 0 Å². The fraction of sp³-hybridized carbons (Fsp3) is 0.545. The minimum absolute atomic E-state index is 0.00937. The molecule has 0 saturated heterocycles. The molecule has 1 rings (SSSR count). The number of carboxylic acids is 1. The largest absolute Gasteiger partial charge is 0.478 e. The third-order valence-electron chi connectivity index (χ3n) is 2.78. The van der Waals surface area contributed by atoms with E-state index in [0.29, 0.717) is 0 Å². The summed E-state index contributed by atoms with van der Waals surface area (Å²) in [5.41, 5.74) is 0.00937. The van der Waals surface area contributed by atoms with Crippen LogP contribution in [-0.2, 0) is 10.0 Å². The van der Waals surface area contributed by atoms with Crippen LogP contribution in [-0.4, -0.2) is 36.9 Å². The lowest BCUT2D eigenvalue weighted by Gasteiger charge is -2.23. The van der Waals surface area contributed by atoms with E-state index in [1.807, 2.05) is 13.8 Å². The predicted octanol–water partition coefficient (Wildman–Crippen LogP) is 2.26. The van der Waals surface area contributed by atoms with Crippen LogP contribution in [0, 0.1) is 0 Å². The summed E-state index contributed by atoms with van der Waals surface area (Å²) in [7, 11) is -2.06. The summed E-state index contributed by atoms with van der Waals surface area (Å²) in [5, 5.41) is 10.1. The van der Waals surface area contributed by atoms with E-state index < -0.39 is 16.0 Å². The smallest absolute Gasteiger partial charge is 0.336 e. The van der Waals surface area contributed by atoms with Crippen LogP contribution < -0.4 is 0 Å². The highest BCUT2D eigenvalue weighted by atomic mass is 32.2. The van der Waals surface area contributed by atoms with Gasteiger partial charge in [-0.1, -0.05) is 13.3 Å². The highest BCUT2D eigenvalue weighted by Crippen LogP contribution is 2.25. The number of sulfonamides is 1. The third-order valence-corrected chi connectivity index (χ3v) is 6.17. The number of carboxylic acid groups (broad SMARTS) is 1. The zero-order valence-electron chi connectivity index (χ0n) is 10.6. The van der Waals surface area contributed by atoms with Crippen molar-refractivity contribution in [3.63, 3.8) is 0 Å². The second-order valence-electron chi connectivity index (χ2n) is 4.12. The quantitative estimate of drug-likeness (QED) is 0.872. The summed E-state index contributed by atoms with van der Waals surface area (Å²) >= 11 is 0.938. The Balaban J connectivity index is 3.01. The predicted molar refractivity (Wildman–Crippen MR) is 70.6 cm³/mol. The zero-order valence-corrected chi connectivity index (χ0v) is 12.2. The molecule has 0 amide bonds. The Morgan fingerprint density at radius 3 is 2.61 bits per heavy atom. The Morgan fingerprint density at radius 1 is 1.56 bits per heavy atom. The van der Waals surface area contributed by atoms with E-state index in [4.69, 9.17) is 5.11 Å². The lowest BCUT2D eigenvalue weighted by molar-refractivity contribution is 0.0697. The van der Waals surface area contributed by atoms with E-state index in [9.17, 15) is 13.2 Å². The maximum atomic E-state index is 12.2. The van der Waals surface area contributed by atoms with Crippen LogP contribution in [0.1, 0.15) is 37.0 Å². The van der Waals surface area contributed by atoms with Gasteiger partial charge in [-0.15, -0.1) is 11.3 Å². The summed E-state index contributed by atoms with van der Waals surface area (Å²) in [4.78, 5) is 10.7. The van der Waals surface area contributed by atoms with Crippen LogP contribution in [0.4, 0.5) is 0 Å². The average Bonchev–Trinajstić information content (AvgIpc) is 2.78. The number of thiophene rings is 1. The van der Waals surface area contributed by atoms with Gasteiger partial charge >= 0.3 is 5.97 Å². The molecule has 0 aliphatic carbocycles. The van der Waals surface area contributed by atoms with Crippen molar-refractivity contribution < 1.29 is 18.3 Å². The molecular formula is C11H17NO4S2. The first kappa shape index (κ1) is 15.1. The van der Waals surface area contributed by atoms with Crippen LogP contribution in [0.2, 0.25) is 0 Å². The molecule has 5 nitrogen and oxygen atoms in total. The van der Waals surface area contributed by atoms with Gasteiger partial charge in [-0.3, -0.25) is 0 Å². The number of hydrogen-bond acceptors (Lipinski definition) is 4. The molecule has 0 bridgehead atoms. The van der Waals surface area contributed by atoms with Crippen LogP contribution in [0.25, 0.3) is 0 Å². The summed E-state index contributed by atoms with van der Waals surface area (Å²) in [6, 6.07) is 1.10. The molecule has 0 spiro atoms. The molecule has 1 N–H and O–H groups in total. The van der Waals surface area contributed by atoms with Crippen LogP contribution in [0.3, 0.4) is 0 Å². The zero-order chi connectivity index (χ0) is 13.9. The van der Waals surface area contributed by atoms with Gasteiger partial charge in [0, 0.05) is 18.5 Å². The lowest BCUT2D eigenvalue weighted by atomic mass is 10.2. The first-order chi connectivity index (χ1) is 8.30. The van der Waals surface area contributed by atoms with Gasteiger partial charge in [0.1, 0.15) is 4.21 Å². The number of hydrogen-bond donors (Lipinski definition) is 1. The number of carbonyl (C=O) groups is 1. The highest BCUT2D eigenvalue weighted by Gasteiger charge is 2.27. The van der Waals surface area contributed by atoms with Gasteiger partial charge in [-0.2, -0.15) is 4.31 Å². The molecule has 102 valence electrons. The van der Waals surface area contributed by atoms with Gasteiger partial charge in [-0.05, 0) is 19.4 Å². The molecule has 1 unspecified atom stereocenters. The maximum Gasteiger partial charge on any atom is 0.336 e. The fourth-order valence-corrected chi connectivity index (χ4v) is 4.27. The minimum Gasteiger partial charge on any atom is -0.478 e. The van der Waals surface area contributed by atoms with Crippen molar-refractivity contribution in [3.05, 3.63) is 17.0 Å². The monoisotopic (exact) mass is 291 g/mol. The number of rotatable bonds is 6. The van der Waals surface area contributed by atoms with Gasteiger partial charge in [0.25, 0.3) is 10.0 Å². The summed E-state index contributed by atoms with van der Waals surface area (Å²) < 4.78 is 25.8. The molecule has 0 aliphatic heterocycles. The van der Waals surface area contributed by atoms with Crippen molar-refractivity contribution in [1.29, 1.82) is 0 Å². The first-order valence-corrected chi connectivity index (χ1v) is 7.92. The molecular weight excluding hydrogens is 274 g/mol. The Morgan fingerprint density at radius 2 is 2.17 bits per heavy atom. The fourth-order valence-electron chi connectivity index (χ4n) is 1.54. The highest BCUT2D eigenvalue weighted by molar-refractivity contribution is 7.91. The molecule has 1 heterocycles. The molecule has 0 aromatic carbocycles. The minimum atomic E-state index is -3.58. The second-order valence-corrected chi connectivity index (χ2v) is 7.25. The molecule has 0 saturated carbocycles. The molecule has 0 aliphatic rings. The maximum absolute atomic E-state index is 12.2.